The van der Waals surface area contributed by atoms with Crippen LogP contribution in [0, 0.1) is 5.92 Å². The zero-order valence-corrected chi connectivity index (χ0v) is 19.8. The Labute approximate surface area is 185 Å². The number of hydrogen-bond donors (Lipinski definition) is 2. The maximum atomic E-state index is 11.8. The van der Waals surface area contributed by atoms with Crippen molar-refractivity contribution in [3.05, 3.63) is 28.8 Å². The van der Waals surface area contributed by atoms with Gasteiger partial charge in [0.15, 0.2) is 0 Å². The molecule has 1 atom stereocenters. The predicted octanol–water partition coefficient (Wildman–Crippen LogP) is 7.85. The van der Waals surface area contributed by atoms with Gasteiger partial charge in [-0.25, -0.2) is 0 Å². The summed E-state index contributed by atoms with van der Waals surface area (Å²) in [5, 5.41) is 19.9. The summed E-state index contributed by atoms with van der Waals surface area (Å²) < 4.78 is 0. The molecule has 0 spiro atoms. The Morgan fingerprint density at radius 3 is 1.60 bits per heavy atom. The van der Waals surface area contributed by atoms with Crippen LogP contribution in [-0.4, -0.2) is 16.2 Å². The van der Waals surface area contributed by atoms with Crippen LogP contribution in [0.25, 0.3) is 0 Å². The van der Waals surface area contributed by atoms with Gasteiger partial charge in [-0.2, -0.15) is 0 Å². The molecule has 1 aromatic rings. The summed E-state index contributed by atoms with van der Waals surface area (Å²) in [5.41, 5.74) is 2.91. The van der Waals surface area contributed by atoms with E-state index < -0.39 is 5.97 Å². The summed E-state index contributed by atoms with van der Waals surface area (Å²) in [6, 6.07) is 3.99. The molecule has 1 rings (SSSR count). The van der Waals surface area contributed by atoms with Gasteiger partial charge < -0.3 is 10.2 Å². The van der Waals surface area contributed by atoms with Crippen LogP contribution >= 0.6 is 0 Å². The molecule has 0 bridgehead atoms. The smallest absolute Gasteiger partial charge is 0.306 e. The van der Waals surface area contributed by atoms with Crippen molar-refractivity contribution in [3.8, 4) is 5.75 Å². The first kappa shape index (κ1) is 26.5. The van der Waals surface area contributed by atoms with Gasteiger partial charge in [0.05, 0.1) is 5.92 Å². The lowest BCUT2D eigenvalue weighted by Gasteiger charge is -2.15. The van der Waals surface area contributed by atoms with Crippen LogP contribution < -0.4 is 0 Å². The normalized spacial score (nSPS) is 12.2. The molecule has 1 unspecified atom stereocenters. The van der Waals surface area contributed by atoms with E-state index in [2.05, 4.69) is 6.92 Å². The molecule has 0 saturated heterocycles. The molecule has 2 N–H and O–H groups in total. The first-order valence-electron chi connectivity index (χ1n) is 12.6. The Kier molecular flexibility index (Phi) is 14.3. The summed E-state index contributed by atoms with van der Waals surface area (Å²) in [6.07, 6.45) is 18.4. The second kappa shape index (κ2) is 16.2. The molecule has 3 heteroatoms. The number of benzene rings is 1. The highest BCUT2D eigenvalue weighted by molar-refractivity contribution is 5.70. The van der Waals surface area contributed by atoms with Gasteiger partial charge in [0.1, 0.15) is 5.75 Å². The highest BCUT2D eigenvalue weighted by Crippen LogP contribution is 2.28. The largest absolute Gasteiger partial charge is 0.507 e. The van der Waals surface area contributed by atoms with Crippen LogP contribution in [0.3, 0.4) is 0 Å². The number of carboxylic acid groups (broad SMARTS) is 1. The average Bonchev–Trinajstić information content (AvgIpc) is 2.74. The van der Waals surface area contributed by atoms with Crippen molar-refractivity contribution in [1.29, 1.82) is 0 Å². The Hall–Kier alpha value is -1.51. The van der Waals surface area contributed by atoms with Crippen LogP contribution in [0.4, 0.5) is 0 Å². The van der Waals surface area contributed by atoms with E-state index in [1.54, 1.807) is 0 Å². The van der Waals surface area contributed by atoms with Crippen molar-refractivity contribution in [2.45, 2.75) is 124 Å². The highest BCUT2D eigenvalue weighted by Gasteiger charge is 2.19. The van der Waals surface area contributed by atoms with Crippen LogP contribution in [-0.2, 0) is 24.1 Å². The van der Waals surface area contributed by atoms with E-state index in [4.69, 9.17) is 0 Å². The van der Waals surface area contributed by atoms with Crippen molar-refractivity contribution in [2.24, 2.45) is 5.92 Å². The highest BCUT2D eigenvalue weighted by atomic mass is 16.4. The van der Waals surface area contributed by atoms with Gasteiger partial charge in [-0.05, 0) is 42.4 Å². The van der Waals surface area contributed by atoms with Crippen molar-refractivity contribution < 1.29 is 15.0 Å². The van der Waals surface area contributed by atoms with Crippen molar-refractivity contribution in [2.75, 3.05) is 0 Å². The summed E-state index contributed by atoms with van der Waals surface area (Å²) in [6.45, 7) is 6.31. The van der Waals surface area contributed by atoms with Crippen molar-refractivity contribution >= 4 is 5.97 Å². The predicted molar refractivity (Wildman–Crippen MR) is 127 cm³/mol. The number of carbonyl (C=O) groups is 1. The number of unbranched alkanes of at least 4 members (excludes halogenated alkanes) is 11. The first-order chi connectivity index (χ1) is 14.5. The summed E-state index contributed by atoms with van der Waals surface area (Å²) in [7, 11) is 0. The minimum atomic E-state index is -0.692. The Morgan fingerprint density at radius 2 is 1.20 bits per heavy atom. The zero-order chi connectivity index (χ0) is 22.2. The van der Waals surface area contributed by atoms with Gasteiger partial charge in [-0.1, -0.05) is 110 Å². The van der Waals surface area contributed by atoms with Crippen LogP contribution in [0.2, 0.25) is 0 Å². The summed E-state index contributed by atoms with van der Waals surface area (Å²) in [4.78, 5) is 11.8. The summed E-state index contributed by atoms with van der Waals surface area (Å²) >= 11 is 0. The second-order valence-electron chi connectivity index (χ2n) is 8.89. The van der Waals surface area contributed by atoms with Crippen LogP contribution in [0.1, 0.15) is 121 Å². The Balaban J connectivity index is 2.28. The number of aliphatic carboxylic acids is 1. The third kappa shape index (κ3) is 10.5. The molecule has 30 heavy (non-hydrogen) atoms. The zero-order valence-electron chi connectivity index (χ0n) is 19.8. The third-order valence-electron chi connectivity index (χ3n) is 6.33. The molecule has 0 heterocycles. The van der Waals surface area contributed by atoms with Crippen LogP contribution in [0.15, 0.2) is 12.1 Å². The fraction of sp³-hybridized carbons (Fsp3) is 0.741. The Bertz CT molecular complexity index is 569. The van der Waals surface area contributed by atoms with Gasteiger partial charge >= 0.3 is 5.97 Å². The van der Waals surface area contributed by atoms with Gasteiger partial charge in [-0.3, -0.25) is 4.79 Å². The van der Waals surface area contributed by atoms with Gasteiger partial charge in [-0.15, -0.1) is 0 Å². The van der Waals surface area contributed by atoms with E-state index in [1.807, 2.05) is 26.0 Å². The van der Waals surface area contributed by atoms with E-state index in [0.717, 1.165) is 48.8 Å². The molecule has 0 saturated carbocycles. The third-order valence-corrected chi connectivity index (χ3v) is 6.33. The van der Waals surface area contributed by atoms with Gasteiger partial charge in [0.2, 0.25) is 0 Å². The fourth-order valence-electron chi connectivity index (χ4n) is 4.32. The molecule has 172 valence electrons. The monoisotopic (exact) mass is 418 g/mol. The molecule has 0 amide bonds. The molecule has 0 fully saturated rings. The molecule has 1 aromatic carbocycles. The average molecular weight is 419 g/mol. The van der Waals surface area contributed by atoms with Gasteiger partial charge in [0.25, 0.3) is 0 Å². The molecule has 3 nitrogen and oxygen atoms in total. The summed E-state index contributed by atoms with van der Waals surface area (Å²) in [5.74, 6) is -0.633. The topological polar surface area (TPSA) is 57.5 Å². The standard InChI is InChI=1S/C27H46O3/c1-4-7-8-9-10-11-12-13-14-15-16-17-18-25(27(29)30)21-22-19-23(5-2)26(28)24(6-3)20-22/h19-20,25,28H,4-18,21H2,1-3H3,(H,29,30). The molecule has 0 aliphatic heterocycles. The number of phenolic OH excluding ortho intramolecular Hbond substituents is 1. The number of hydrogen-bond acceptors (Lipinski definition) is 2. The number of aryl methyl sites for hydroxylation is 2. The molecule has 0 aromatic heterocycles. The SMILES string of the molecule is CCCCCCCCCCCCCCC(Cc1cc(CC)c(O)c(CC)c1)C(=O)O. The van der Waals surface area contributed by atoms with Crippen LogP contribution in [0.5, 0.6) is 5.75 Å². The maximum Gasteiger partial charge on any atom is 0.306 e. The van der Waals surface area contributed by atoms with Crippen molar-refractivity contribution in [1.82, 2.24) is 0 Å². The molecular weight excluding hydrogens is 372 g/mol. The number of carboxylic acids is 1. The molecule has 0 radical (unpaired) electrons. The number of aromatic hydroxyl groups is 1. The van der Waals surface area contributed by atoms with E-state index in [9.17, 15) is 15.0 Å². The van der Waals surface area contributed by atoms with E-state index in [0.29, 0.717) is 12.2 Å². The second-order valence-corrected chi connectivity index (χ2v) is 8.89. The van der Waals surface area contributed by atoms with Gasteiger partial charge in [0, 0.05) is 0 Å². The first-order valence-corrected chi connectivity index (χ1v) is 12.6. The molecule has 0 aliphatic carbocycles. The fourth-order valence-corrected chi connectivity index (χ4v) is 4.32. The van der Waals surface area contributed by atoms with Crippen molar-refractivity contribution in [3.63, 3.8) is 0 Å². The Morgan fingerprint density at radius 1 is 0.767 bits per heavy atom. The van der Waals surface area contributed by atoms with E-state index >= 15 is 0 Å². The quantitative estimate of drug-likeness (QED) is 0.239. The minimum absolute atomic E-state index is 0.327. The lowest BCUT2D eigenvalue weighted by atomic mass is 9.90. The number of phenols is 1. The van der Waals surface area contributed by atoms with E-state index in [1.165, 1.54) is 64.2 Å². The number of rotatable bonds is 18. The lowest BCUT2D eigenvalue weighted by molar-refractivity contribution is -0.142. The minimum Gasteiger partial charge on any atom is -0.507 e. The van der Waals surface area contributed by atoms with E-state index in [-0.39, 0.29) is 5.92 Å². The lowest BCUT2D eigenvalue weighted by Crippen LogP contribution is -2.16. The molecular formula is C27H46O3. The molecule has 0 aliphatic rings. The maximum absolute atomic E-state index is 11.8.